The Morgan fingerprint density at radius 3 is 1.90 bits per heavy atom. The van der Waals surface area contributed by atoms with E-state index in [9.17, 15) is 5.11 Å². The summed E-state index contributed by atoms with van der Waals surface area (Å²) < 4.78 is 0. The van der Waals surface area contributed by atoms with Gasteiger partial charge in [0.1, 0.15) is 0 Å². The molecule has 2 aromatic carbocycles. The SMILES string of the molecule is CC(C)C(O)(c1ccccc1)C(Cc1ccccc1)CN1CCN(C)CC1.Cl.Cl. The molecular weight excluding hydrogens is 403 g/mol. The molecule has 0 bridgehead atoms. The van der Waals surface area contributed by atoms with Crippen molar-refractivity contribution in [1.82, 2.24) is 9.80 Å². The standard InChI is InChI=1S/C24H34N2O.2ClH/c1-20(2)24(27,22-12-8-5-9-13-22)23(18-21-10-6-4-7-11-21)19-26-16-14-25(3)15-17-26;;/h4-13,20,23,27H,14-19H2,1-3H3;2*1H. The van der Waals surface area contributed by atoms with Crippen LogP contribution in [0.15, 0.2) is 60.7 Å². The monoisotopic (exact) mass is 438 g/mol. The van der Waals surface area contributed by atoms with E-state index in [1.807, 2.05) is 18.2 Å². The first-order valence-electron chi connectivity index (χ1n) is 10.2. The Hall–Kier alpha value is -1.10. The number of likely N-dealkylation sites (N-methyl/N-ethyl adjacent to an activating group) is 1. The normalized spacial score (nSPS) is 18.4. The second-order valence-electron chi connectivity index (χ2n) is 8.34. The van der Waals surface area contributed by atoms with Gasteiger partial charge >= 0.3 is 0 Å². The van der Waals surface area contributed by atoms with Crippen molar-refractivity contribution in [1.29, 1.82) is 0 Å². The molecule has 1 N–H and O–H groups in total. The molecule has 1 heterocycles. The highest BCUT2D eigenvalue weighted by atomic mass is 35.5. The highest BCUT2D eigenvalue weighted by molar-refractivity contribution is 5.85. The maximum Gasteiger partial charge on any atom is 0.0962 e. The van der Waals surface area contributed by atoms with E-state index in [2.05, 4.69) is 73.2 Å². The van der Waals surface area contributed by atoms with Gasteiger partial charge in [-0.25, -0.2) is 0 Å². The van der Waals surface area contributed by atoms with E-state index < -0.39 is 5.60 Å². The Balaban J connectivity index is 0.00000210. The Bertz CT molecular complexity index is 691. The lowest BCUT2D eigenvalue weighted by molar-refractivity contribution is -0.0778. The number of halogens is 2. The van der Waals surface area contributed by atoms with Gasteiger partial charge in [0.2, 0.25) is 0 Å². The number of hydrogen-bond acceptors (Lipinski definition) is 3. The van der Waals surface area contributed by atoms with Gasteiger partial charge < -0.3 is 14.9 Å². The minimum atomic E-state index is -0.847. The van der Waals surface area contributed by atoms with E-state index in [0.29, 0.717) is 0 Å². The second kappa shape index (κ2) is 11.9. The molecule has 0 radical (unpaired) electrons. The van der Waals surface area contributed by atoms with Gasteiger partial charge in [0, 0.05) is 38.6 Å². The van der Waals surface area contributed by atoms with Gasteiger partial charge in [-0.15, -0.1) is 24.8 Å². The molecule has 0 aromatic heterocycles. The van der Waals surface area contributed by atoms with Crippen LogP contribution in [0.3, 0.4) is 0 Å². The summed E-state index contributed by atoms with van der Waals surface area (Å²) in [5, 5.41) is 12.0. The summed E-state index contributed by atoms with van der Waals surface area (Å²) in [6.07, 6.45) is 0.886. The average Bonchev–Trinajstić information content (AvgIpc) is 2.70. The van der Waals surface area contributed by atoms with Crippen LogP contribution in [0.4, 0.5) is 0 Å². The van der Waals surface area contributed by atoms with Crippen molar-refractivity contribution in [2.75, 3.05) is 39.8 Å². The number of rotatable bonds is 7. The van der Waals surface area contributed by atoms with Gasteiger partial charge in [-0.1, -0.05) is 74.5 Å². The third-order valence-corrected chi connectivity index (χ3v) is 6.14. The van der Waals surface area contributed by atoms with Crippen LogP contribution in [0, 0.1) is 11.8 Å². The molecule has 29 heavy (non-hydrogen) atoms. The van der Waals surface area contributed by atoms with E-state index in [1.165, 1.54) is 5.56 Å². The number of benzene rings is 2. The van der Waals surface area contributed by atoms with Crippen molar-refractivity contribution in [3.8, 4) is 0 Å². The Morgan fingerprint density at radius 1 is 0.862 bits per heavy atom. The fraction of sp³-hybridized carbons (Fsp3) is 0.500. The van der Waals surface area contributed by atoms with Crippen LogP contribution in [-0.4, -0.2) is 54.7 Å². The summed E-state index contributed by atoms with van der Waals surface area (Å²) >= 11 is 0. The number of piperazine rings is 1. The fourth-order valence-corrected chi connectivity index (χ4v) is 4.35. The van der Waals surface area contributed by atoms with Crippen LogP contribution in [0.5, 0.6) is 0 Å². The molecule has 1 saturated heterocycles. The zero-order valence-corrected chi connectivity index (χ0v) is 19.5. The minimum absolute atomic E-state index is 0. The van der Waals surface area contributed by atoms with Gasteiger partial charge in [0.15, 0.2) is 0 Å². The van der Waals surface area contributed by atoms with E-state index >= 15 is 0 Å². The molecule has 162 valence electrons. The minimum Gasteiger partial charge on any atom is -0.385 e. The molecule has 2 unspecified atom stereocenters. The molecule has 0 saturated carbocycles. The van der Waals surface area contributed by atoms with Crippen molar-refractivity contribution in [3.05, 3.63) is 71.8 Å². The molecule has 1 aliphatic heterocycles. The van der Waals surface area contributed by atoms with Gasteiger partial charge in [-0.05, 0) is 30.5 Å². The first-order chi connectivity index (χ1) is 13.0. The molecule has 1 fully saturated rings. The molecule has 3 rings (SSSR count). The lowest BCUT2D eigenvalue weighted by Gasteiger charge is -2.44. The average molecular weight is 439 g/mol. The van der Waals surface area contributed by atoms with Gasteiger partial charge in [0.05, 0.1) is 5.60 Å². The quantitative estimate of drug-likeness (QED) is 0.689. The summed E-state index contributed by atoms with van der Waals surface area (Å²) in [5.41, 5.74) is 1.49. The van der Waals surface area contributed by atoms with Crippen LogP contribution in [0.2, 0.25) is 0 Å². The van der Waals surface area contributed by atoms with Gasteiger partial charge in [-0.3, -0.25) is 0 Å². The predicted molar refractivity (Wildman–Crippen MR) is 127 cm³/mol. The summed E-state index contributed by atoms with van der Waals surface area (Å²) in [6, 6.07) is 20.9. The number of hydrogen-bond donors (Lipinski definition) is 1. The van der Waals surface area contributed by atoms with Crippen molar-refractivity contribution < 1.29 is 5.11 Å². The smallest absolute Gasteiger partial charge is 0.0962 e. The highest BCUT2D eigenvalue weighted by Gasteiger charge is 2.42. The van der Waals surface area contributed by atoms with E-state index in [0.717, 1.165) is 44.7 Å². The van der Waals surface area contributed by atoms with E-state index in [1.54, 1.807) is 0 Å². The van der Waals surface area contributed by atoms with E-state index in [-0.39, 0.29) is 36.6 Å². The fourth-order valence-electron chi connectivity index (χ4n) is 4.35. The van der Waals surface area contributed by atoms with Gasteiger partial charge in [0.25, 0.3) is 0 Å². The largest absolute Gasteiger partial charge is 0.385 e. The summed E-state index contributed by atoms with van der Waals surface area (Å²) in [6.45, 7) is 9.57. The van der Waals surface area contributed by atoms with Crippen LogP contribution in [0.1, 0.15) is 25.0 Å². The van der Waals surface area contributed by atoms with Crippen LogP contribution in [-0.2, 0) is 12.0 Å². The van der Waals surface area contributed by atoms with Crippen molar-refractivity contribution in [2.24, 2.45) is 11.8 Å². The molecule has 0 spiro atoms. The summed E-state index contributed by atoms with van der Waals surface area (Å²) in [7, 11) is 2.19. The third-order valence-electron chi connectivity index (χ3n) is 6.14. The number of nitrogens with zero attached hydrogens (tertiary/aromatic N) is 2. The van der Waals surface area contributed by atoms with Crippen LogP contribution < -0.4 is 0 Å². The molecule has 2 atom stereocenters. The summed E-state index contributed by atoms with van der Waals surface area (Å²) in [5.74, 6) is 0.284. The molecule has 1 aliphatic rings. The van der Waals surface area contributed by atoms with Gasteiger partial charge in [-0.2, -0.15) is 0 Å². The maximum atomic E-state index is 12.0. The number of aliphatic hydroxyl groups is 1. The van der Waals surface area contributed by atoms with E-state index in [4.69, 9.17) is 0 Å². The Morgan fingerprint density at radius 2 is 1.38 bits per heavy atom. The summed E-state index contributed by atoms with van der Waals surface area (Å²) in [4.78, 5) is 4.92. The Kier molecular flexibility index (Phi) is 10.7. The topological polar surface area (TPSA) is 26.7 Å². The zero-order chi connectivity index (χ0) is 19.3. The molecule has 3 nitrogen and oxygen atoms in total. The second-order valence-corrected chi connectivity index (χ2v) is 8.34. The molecule has 5 heteroatoms. The first-order valence-corrected chi connectivity index (χ1v) is 10.2. The van der Waals surface area contributed by atoms with Crippen molar-refractivity contribution in [3.63, 3.8) is 0 Å². The van der Waals surface area contributed by atoms with Crippen LogP contribution in [0.25, 0.3) is 0 Å². The first kappa shape index (κ1) is 25.9. The molecule has 2 aromatic rings. The zero-order valence-electron chi connectivity index (χ0n) is 17.8. The Labute approximate surface area is 188 Å². The maximum absolute atomic E-state index is 12.0. The molecular formula is C24H36Cl2N2O. The van der Waals surface area contributed by atoms with Crippen LogP contribution >= 0.6 is 24.8 Å². The highest BCUT2D eigenvalue weighted by Crippen LogP contribution is 2.39. The lowest BCUT2D eigenvalue weighted by Crippen LogP contribution is -2.51. The predicted octanol–water partition coefficient (Wildman–Crippen LogP) is 4.48. The molecule has 0 aliphatic carbocycles. The molecule has 0 amide bonds. The third kappa shape index (κ3) is 6.44. The lowest BCUT2D eigenvalue weighted by atomic mass is 9.71. The van der Waals surface area contributed by atoms with Crippen molar-refractivity contribution in [2.45, 2.75) is 25.9 Å². The van der Waals surface area contributed by atoms with Crippen molar-refractivity contribution >= 4 is 24.8 Å².